The summed E-state index contributed by atoms with van der Waals surface area (Å²) in [7, 11) is -3.08. The minimum Gasteiger partial charge on any atom is -0.313 e. The molecule has 0 bridgehead atoms. The molecule has 0 radical (unpaired) electrons. The first-order chi connectivity index (χ1) is 8.87. The maximum atomic E-state index is 14.0. The summed E-state index contributed by atoms with van der Waals surface area (Å²) in [6.45, 7) is 0. The van der Waals surface area contributed by atoms with Crippen LogP contribution in [0.15, 0.2) is 22.7 Å². The summed E-state index contributed by atoms with van der Waals surface area (Å²) in [6.07, 6.45) is 0. The van der Waals surface area contributed by atoms with Crippen LogP contribution in [0, 0.1) is 11.2 Å². The smallest absolute Gasteiger partial charge is 0.161 e. The highest BCUT2D eigenvalue weighted by atomic mass is 79.9. The minimum absolute atomic E-state index is 0.0114. The van der Waals surface area contributed by atoms with Crippen LogP contribution < -0.4 is 4.90 Å². The standard InChI is InChI=1S/C11H10BrFN2O2S2/c12-6-1-2-8(7(13)3-6)15-9-4-19(16,17)5-10(9)18-11(15)14/h1-3,9-10,14H,4-5H2/t9-,10+/m0/s1. The van der Waals surface area contributed by atoms with Gasteiger partial charge in [-0.3, -0.25) is 5.41 Å². The molecule has 4 nitrogen and oxygen atoms in total. The van der Waals surface area contributed by atoms with E-state index in [9.17, 15) is 12.8 Å². The van der Waals surface area contributed by atoms with Gasteiger partial charge < -0.3 is 4.90 Å². The SMILES string of the molecule is N=C1S[C@@H]2CS(=O)(=O)C[C@@H]2N1c1ccc(Br)cc1F. The van der Waals surface area contributed by atoms with E-state index < -0.39 is 15.7 Å². The Morgan fingerprint density at radius 1 is 1.42 bits per heavy atom. The number of benzene rings is 1. The summed E-state index contributed by atoms with van der Waals surface area (Å²) >= 11 is 4.39. The van der Waals surface area contributed by atoms with Gasteiger partial charge in [0.2, 0.25) is 0 Å². The maximum absolute atomic E-state index is 14.0. The maximum Gasteiger partial charge on any atom is 0.161 e. The number of amidine groups is 1. The molecule has 0 aromatic heterocycles. The van der Waals surface area contributed by atoms with Crippen LogP contribution in [0.3, 0.4) is 0 Å². The first kappa shape index (κ1) is 13.4. The molecule has 0 aliphatic carbocycles. The van der Waals surface area contributed by atoms with Crippen molar-refractivity contribution in [2.45, 2.75) is 11.3 Å². The summed E-state index contributed by atoms with van der Waals surface area (Å²) in [5, 5.41) is 7.98. The van der Waals surface area contributed by atoms with Crippen LogP contribution in [-0.2, 0) is 9.84 Å². The van der Waals surface area contributed by atoms with Crippen molar-refractivity contribution in [2.24, 2.45) is 0 Å². The number of halogens is 2. The summed E-state index contributed by atoms with van der Waals surface area (Å²) in [5.41, 5.74) is 0.269. The third-order valence-corrected chi connectivity index (χ3v) is 6.88. The van der Waals surface area contributed by atoms with Crippen molar-refractivity contribution in [3.8, 4) is 0 Å². The average molecular weight is 365 g/mol. The number of thioether (sulfide) groups is 1. The number of hydrogen-bond donors (Lipinski definition) is 1. The zero-order valence-electron chi connectivity index (χ0n) is 9.64. The zero-order valence-corrected chi connectivity index (χ0v) is 12.9. The third-order valence-electron chi connectivity index (χ3n) is 3.25. The Bertz CT molecular complexity index is 665. The summed E-state index contributed by atoms with van der Waals surface area (Å²) in [5.74, 6) is -0.397. The summed E-state index contributed by atoms with van der Waals surface area (Å²) in [6, 6.07) is 4.25. The van der Waals surface area contributed by atoms with Gasteiger partial charge in [-0.15, -0.1) is 0 Å². The highest BCUT2D eigenvalue weighted by molar-refractivity contribution is 9.10. The van der Waals surface area contributed by atoms with Crippen molar-refractivity contribution in [2.75, 3.05) is 16.4 Å². The fraction of sp³-hybridized carbons (Fsp3) is 0.364. The topological polar surface area (TPSA) is 61.2 Å². The molecule has 1 aromatic carbocycles. The molecular formula is C11H10BrFN2O2S2. The van der Waals surface area contributed by atoms with E-state index in [1.165, 1.54) is 22.7 Å². The molecule has 0 amide bonds. The van der Waals surface area contributed by atoms with E-state index in [0.717, 1.165) is 0 Å². The van der Waals surface area contributed by atoms with Crippen molar-refractivity contribution in [1.82, 2.24) is 0 Å². The highest BCUT2D eigenvalue weighted by Gasteiger charge is 2.49. The van der Waals surface area contributed by atoms with Gasteiger partial charge in [0.1, 0.15) is 5.82 Å². The summed E-state index contributed by atoms with van der Waals surface area (Å²) < 4.78 is 37.9. The molecule has 2 aliphatic rings. The van der Waals surface area contributed by atoms with Crippen molar-refractivity contribution in [3.05, 3.63) is 28.5 Å². The van der Waals surface area contributed by atoms with Crippen LogP contribution in [0.2, 0.25) is 0 Å². The summed E-state index contributed by atoms with van der Waals surface area (Å²) in [4.78, 5) is 1.50. The lowest BCUT2D eigenvalue weighted by atomic mass is 10.2. The first-order valence-corrected chi connectivity index (χ1v) is 9.07. The van der Waals surface area contributed by atoms with Crippen molar-refractivity contribution in [1.29, 1.82) is 5.41 Å². The van der Waals surface area contributed by atoms with Gasteiger partial charge in [0.05, 0.1) is 23.2 Å². The Balaban J connectivity index is 2.02. The van der Waals surface area contributed by atoms with E-state index in [0.29, 0.717) is 4.47 Å². The normalized spacial score (nSPS) is 28.7. The average Bonchev–Trinajstić information content (AvgIpc) is 2.70. The van der Waals surface area contributed by atoms with Gasteiger partial charge in [-0.05, 0) is 18.2 Å². The van der Waals surface area contributed by atoms with Gasteiger partial charge in [0.25, 0.3) is 0 Å². The van der Waals surface area contributed by atoms with E-state index in [-0.39, 0.29) is 33.7 Å². The van der Waals surface area contributed by atoms with E-state index in [1.807, 2.05) is 0 Å². The van der Waals surface area contributed by atoms with Gasteiger partial charge in [-0.25, -0.2) is 12.8 Å². The molecule has 2 saturated heterocycles. The molecule has 2 heterocycles. The molecular weight excluding hydrogens is 355 g/mol. The molecule has 1 aromatic rings. The molecule has 19 heavy (non-hydrogen) atoms. The van der Waals surface area contributed by atoms with Gasteiger partial charge in [0.15, 0.2) is 15.0 Å². The second-order valence-electron chi connectivity index (χ2n) is 4.57. The second-order valence-corrected chi connectivity index (χ2v) is 8.87. The van der Waals surface area contributed by atoms with Crippen molar-refractivity contribution >= 4 is 48.4 Å². The molecule has 0 saturated carbocycles. The predicted molar refractivity (Wildman–Crippen MR) is 78.1 cm³/mol. The Kier molecular flexibility index (Phi) is 3.14. The van der Waals surface area contributed by atoms with Crippen LogP contribution >= 0.6 is 27.7 Å². The highest BCUT2D eigenvalue weighted by Crippen LogP contribution is 2.41. The first-order valence-electron chi connectivity index (χ1n) is 5.57. The molecule has 1 N–H and O–H groups in total. The molecule has 102 valence electrons. The van der Waals surface area contributed by atoms with Crippen LogP contribution in [0.1, 0.15) is 0 Å². The Hall–Kier alpha value is -0.600. The van der Waals surface area contributed by atoms with Gasteiger partial charge in [0, 0.05) is 9.72 Å². The lowest BCUT2D eigenvalue weighted by molar-refractivity contribution is 0.600. The zero-order chi connectivity index (χ0) is 13.8. The monoisotopic (exact) mass is 364 g/mol. The van der Waals surface area contributed by atoms with Crippen LogP contribution in [-0.4, -0.2) is 36.4 Å². The van der Waals surface area contributed by atoms with E-state index in [4.69, 9.17) is 5.41 Å². The molecule has 0 spiro atoms. The number of hydrogen-bond acceptors (Lipinski definition) is 4. The molecule has 2 fully saturated rings. The van der Waals surface area contributed by atoms with Crippen molar-refractivity contribution < 1.29 is 12.8 Å². The van der Waals surface area contributed by atoms with Crippen molar-refractivity contribution in [3.63, 3.8) is 0 Å². The van der Waals surface area contributed by atoms with E-state index >= 15 is 0 Å². The second kappa shape index (κ2) is 4.46. The molecule has 2 atom stereocenters. The Morgan fingerprint density at radius 2 is 2.16 bits per heavy atom. The van der Waals surface area contributed by atoms with Crippen LogP contribution in [0.5, 0.6) is 0 Å². The number of nitrogens with zero attached hydrogens (tertiary/aromatic N) is 1. The third kappa shape index (κ3) is 2.30. The Morgan fingerprint density at radius 3 is 2.84 bits per heavy atom. The lowest BCUT2D eigenvalue weighted by Crippen LogP contribution is -2.37. The number of anilines is 1. The predicted octanol–water partition coefficient (Wildman–Crippen LogP) is 2.24. The fourth-order valence-electron chi connectivity index (χ4n) is 2.47. The number of fused-ring (bicyclic) bond motifs is 1. The quantitative estimate of drug-likeness (QED) is 0.829. The molecule has 0 unspecified atom stereocenters. The number of rotatable bonds is 1. The van der Waals surface area contributed by atoms with E-state index in [1.54, 1.807) is 12.1 Å². The number of sulfone groups is 1. The minimum atomic E-state index is -3.08. The number of nitrogens with one attached hydrogen (secondary N) is 1. The largest absolute Gasteiger partial charge is 0.313 e. The van der Waals surface area contributed by atoms with Gasteiger partial charge >= 0.3 is 0 Å². The molecule has 8 heteroatoms. The lowest BCUT2D eigenvalue weighted by Gasteiger charge is -2.24. The van der Waals surface area contributed by atoms with Gasteiger partial charge in [-0.2, -0.15) is 0 Å². The van der Waals surface area contributed by atoms with Crippen LogP contribution in [0.25, 0.3) is 0 Å². The Labute approximate surface area is 122 Å². The van der Waals surface area contributed by atoms with E-state index in [2.05, 4.69) is 15.9 Å². The molecule has 2 aliphatic heterocycles. The fourth-order valence-corrected chi connectivity index (χ4v) is 6.58. The van der Waals surface area contributed by atoms with Crippen LogP contribution in [0.4, 0.5) is 10.1 Å². The molecule has 3 rings (SSSR count). The van der Waals surface area contributed by atoms with Gasteiger partial charge in [-0.1, -0.05) is 27.7 Å².